The van der Waals surface area contributed by atoms with Gasteiger partial charge in [0, 0.05) is 27.2 Å². The van der Waals surface area contributed by atoms with Gasteiger partial charge in [0.25, 0.3) is 5.91 Å². The lowest BCUT2D eigenvalue weighted by atomic mass is 10.1. The molecule has 0 saturated carbocycles. The molecule has 1 aromatic rings. The highest BCUT2D eigenvalue weighted by molar-refractivity contribution is 6.32. The summed E-state index contributed by atoms with van der Waals surface area (Å²) in [6.07, 6.45) is 3.66. The molecule has 0 radical (unpaired) electrons. The van der Waals surface area contributed by atoms with Gasteiger partial charge in [-0.2, -0.15) is 0 Å². The molecule has 0 spiro atoms. The Morgan fingerprint density at radius 2 is 1.80 bits per heavy atom. The average molecular weight is 298 g/mol. The van der Waals surface area contributed by atoms with E-state index < -0.39 is 0 Å². The minimum atomic E-state index is -0.113. The Morgan fingerprint density at radius 3 is 2.30 bits per heavy atom. The molecule has 1 aliphatic heterocycles. The molecule has 1 saturated heterocycles. The molecule has 0 atom stereocenters. The zero-order valence-electron chi connectivity index (χ0n) is 12.8. The first-order valence-electron chi connectivity index (χ1n) is 7.23. The van der Waals surface area contributed by atoms with Gasteiger partial charge in [-0.05, 0) is 31.4 Å². The van der Waals surface area contributed by atoms with E-state index in [0.29, 0.717) is 5.56 Å². The van der Waals surface area contributed by atoms with Crippen molar-refractivity contribution in [3.8, 4) is 0 Å². The fourth-order valence-corrected chi connectivity index (χ4v) is 2.35. The SMILES string of the molecule is CC.CN(C)C(=O)c1ccc(N2CCCCC2)nc1Cl. The lowest BCUT2D eigenvalue weighted by molar-refractivity contribution is 0.0827. The third kappa shape index (κ3) is 4.10. The summed E-state index contributed by atoms with van der Waals surface area (Å²) in [7, 11) is 3.41. The standard InChI is InChI=1S/C13H18ClN3O.C2H6/c1-16(2)13(18)10-6-7-11(15-12(10)14)17-8-4-3-5-9-17;1-2/h6-7H,3-5,8-9H2,1-2H3;1-2H3. The van der Waals surface area contributed by atoms with Crippen molar-refractivity contribution in [2.24, 2.45) is 0 Å². The fourth-order valence-electron chi connectivity index (χ4n) is 2.12. The van der Waals surface area contributed by atoms with Crippen LogP contribution in [0.4, 0.5) is 5.82 Å². The number of carbonyl (C=O) groups is 1. The van der Waals surface area contributed by atoms with Crippen LogP contribution in [-0.2, 0) is 0 Å². The number of pyridine rings is 1. The summed E-state index contributed by atoms with van der Waals surface area (Å²) < 4.78 is 0. The molecule has 20 heavy (non-hydrogen) atoms. The van der Waals surface area contributed by atoms with E-state index in [1.54, 1.807) is 20.2 Å². The van der Waals surface area contributed by atoms with Crippen molar-refractivity contribution in [3.05, 3.63) is 22.8 Å². The van der Waals surface area contributed by atoms with E-state index in [1.165, 1.54) is 24.2 Å². The molecule has 2 heterocycles. The molecule has 0 aromatic carbocycles. The summed E-state index contributed by atoms with van der Waals surface area (Å²) in [6.45, 7) is 6.04. The first-order chi connectivity index (χ1) is 9.59. The van der Waals surface area contributed by atoms with Crippen molar-refractivity contribution in [1.82, 2.24) is 9.88 Å². The molecule has 2 rings (SSSR count). The minimum Gasteiger partial charge on any atom is -0.357 e. The van der Waals surface area contributed by atoms with Crippen molar-refractivity contribution in [1.29, 1.82) is 0 Å². The van der Waals surface area contributed by atoms with Gasteiger partial charge in [-0.25, -0.2) is 4.98 Å². The largest absolute Gasteiger partial charge is 0.357 e. The molecule has 5 heteroatoms. The van der Waals surface area contributed by atoms with E-state index in [4.69, 9.17) is 11.6 Å². The Bertz CT molecular complexity index is 443. The maximum absolute atomic E-state index is 11.8. The number of rotatable bonds is 2. The van der Waals surface area contributed by atoms with Crippen molar-refractivity contribution >= 4 is 23.3 Å². The fraction of sp³-hybridized carbons (Fsp3) is 0.600. The highest BCUT2D eigenvalue weighted by atomic mass is 35.5. The van der Waals surface area contributed by atoms with Gasteiger partial charge in [0.15, 0.2) is 0 Å². The summed E-state index contributed by atoms with van der Waals surface area (Å²) in [5, 5.41) is 0.289. The van der Waals surface area contributed by atoms with Crippen LogP contribution in [0.5, 0.6) is 0 Å². The predicted molar refractivity (Wildman–Crippen MR) is 84.7 cm³/mol. The maximum atomic E-state index is 11.8. The zero-order chi connectivity index (χ0) is 15.1. The molecular formula is C15H24ClN3O. The normalized spacial score (nSPS) is 14.3. The van der Waals surface area contributed by atoms with Gasteiger partial charge in [-0.1, -0.05) is 25.4 Å². The summed E-state index contributed by atoms with van der Waals surface area (Å²) >= 11 is 6.10. The maximum Gasteiger partial charge on any atom is 0.256 e. The molecule has 4 nitrogen and oxygen atoms in total. The van der Waals surface area contributed by atoms with Crippen LogP contribution in [-0.4, -0.2) is 43.0 Å². The number of carbonyl (C=O) groups excluding carboxylic acids is 1. The number of anilines is 1. The molecule has 0 aliphatic carbocycles. The second-order valence-electron chi connectivity index (χ2n) is 4.76. The smallest absolute Gasteiger partial charge is 0.256 e. The Kier molecular flexibility index (Phi) is 6.79. The van der Waals surface area contributed by atoms with Crippen LogP contribution >= 0.6 is 11.6 Å². The van der Waals surface area contributed by atoms with Crippen LogP contribution < -0.4 is 4.90 Å². The number of aromatic nitrogens is 1. The molecule has 0 N–H and O–H groups in total. The highest BCUT2D eigenvalue weighted by Gasteiger charge is 2.17. The lowest BCUT2D eigenvalue weighted by Gasteiger charge is -2.28. The second kappa shape index (κ2) is 8.10. The van der Waals surface area contributed by atoms with Crippen LogP contribution in [0.25, 0.3) is 0 Å². The second-order valence-corrected chi connectivity index (χ2v) is 5.11. The highest BCUT2D eigenvalue weighted by Crippen LogP contribution is 2.22. The summed E-state index contributed by atoms with van der Waals surface area (Å²) in [6, 6.07) is 3.65. The van der Waals surface area contributed by atoms with Crippen LogP contribution in [0.15, 0.2) is 12.1 Å². The van der Waals surface area contributed by atoms with E-state index in [1.807, 2.05) is 19.9 Å². The third-order valence-corrected chi connectivity index (χ3v) is 3.44. The first kappa shape index (κ1) is 16.8. The van der Waals surface area contributed by atoms with Gasteiger partial charge in [0.05, 0.1) is 5.56 Å². The molecule has 1 aliphatic rings. The van der Waals surface area contributed by atoms with Crippen LogP contribution in [0.2, 0.25) is 5.15 Å². The predicted octanol–water partition coefficient (Wildman–Crippen LogP) is 3.45. The van der Waals surface area contributed by atoms with Crippen LogP contribution in [0, 0.1) is 0 Å². The van der Waals surface area contributed by atoms with Gasteiger partial charge in [-0.3, -0.25) is 4.79 Å². The Labute approximate surface area is 126 Å². The quantitative estimate of drug-likeness (QED) is 0.785. The van der Waals surface area contributed by atoms with Gasteiger partial charge in [0.2, 0.25) is 0 Å². The summed E-state index contributed by atoms with van der Waals surface area (Å²) in [5.41, 5.74) is 0.461. The van der Waals surface area contributed by atoms with E-state index in [0.717, 1.165) is 18.9 Å². The Hall–Kier alpha value is -1.29. The van der Waals surface area contributed by atoms with E-state index in [-0.39, 0.29) is 11.1 Å². The third-order valence-electron chi connectivity index (χ3n) is 3.15. The molecule has 0 unspecified atom stereocenters. The molecule has 112 valence electrons. The number of amides is 1. The summed E-state index contributed by atoms with van der Waals surface area (Å²) in [4.78, 5) is 19.9. The molecule has 0 bridgehead atoms. The van der Waals surface area contributed by atoms with E-state index in [9.17, 15) is 4.79 Å². The monoisotopic (exact) mass is 297 g/mol. The van der Waals surface area contributed by atoms with Crippen molar-refractivity contribution in [2.75, 3.05) is 32.1 Å². The van der Waals surface area contributed by atoms with Crippen LogP contribution in [0.3, 0.4) is 0 Å². The average Bonchev–Trinajstić information content (AvgIpc) is 2.49. The Morgan fingerprint density at radius 1 is 1.20 bits per heavy atom. The number of nitrogens with zero attached hydrogens (tertiary/aromatic N) is 3. The van der Waals surface area contributed by atoms with Gasteiger partial charge < -0.3 is 9.80 Å². The van der Waals surface area contributed by atoms with Gasteiger partial charge >= 0.3 is 0 Å². The zero-order valence-corrected chi connectivity index (χ0v) is 13.6. The molecule has 1 amide bonds. The minimum absolute atomic E-state index is 0.113. The van der Waals surface area contributed by atoms with Crippen LogP contribution in [0.1, 0.15) is 43.5 Å². The first-order valence-corrected chi connectivity index (χ1v) is 7.60. The molecule has 1 fully saturated rings. The van der Waals surface area contributed by atoms with Crippen molar-refractivity contribution < 1.29 is 4.79 Å². The number of hydrogen-bond donors (Lipinski definition) is 0. The van der Waals surface area contributed by atoms with Gasteiger partial charge in [0.1, 0.15) is 11.0 Å². The molecular weight excluding hydrogens is 274 g/mol. The molecule has 1 aromatic heterocycles. The van der Waals surface area contributed by atoms with Gasteiger partial charge in [-0.15, -0.1) is 0 Å². The topological polar surface area (TPSA) is 36.4 Å². The Balaban J connectivity index is 0.000000956. The van der Waals surface area contributed by atoms with E-state index >= 15 is 0 Å². The number of hydrogen-bond acceptors (Lipinski definition) is 3. The van der Waals surface area contributed by atoms with E-state index in [2.05, 4.69) is 9.88 Å². The van der Waals surface area contributed by atoms with Crippen molar-refractivity contribution in [3.63, 3.8) is 0 Å². The summed E-state index contributed by atoms with van der Waals surface area (Å²) in [5.74, 6) is 0.757. The lowest BCUT2D eigenvalue weighted by Crippen LogP contribution is -2.30. The number of halogens is 1. The number of piperidine rings is 1. The van der Waals surface area contributed by atoms with Crippen molar-refractivity contribution in [2.45, 2.75) is 33.1 Å².